The molecule has 3 N–H and O–H groups in total. The molecule has 26 heavy (non-hydrogen) atoms. The quantitative estimate of drug-likeness (QED) is 0.835. The molecule has 7 heteroatoms. The second-order valence-electron chi connectivity index (χ2n) is 6.79. The first kappa shape index (κ1) is 18.6. The largest absolute Gasteiger partial charge is 0.376 e. The van der Waals surface area contributed by atoms with Gasteiger partial charge in [-0.3, -0.25) is 9.78 Å². The van der Waals surface area contributed by atoms with Crippen molar-refractivity contribution in [2.45, 2.75) is 38.9 Å². The van der Waals surface area contributed by atoms with Gasteiger partial charge in [-0.15, -0.1) is 0 Å². The number of carbonyl (C=O) groups excluding carboxylic acids is 1. The van der Waals surface area contributed by atoms with Crippen molar-refractivity contribution < 1.29 is 9.53 Å². The molecule has 1 amide bonds. The Hall–Kier alpha value is -2.18. The van der Waals surface area contributed by atoms with Gasteiger partial charge < -0.3 is 15.8 Å². The van der Waals surface area contributed by atoms with Crippen molar-refractivity contribution in [3.63, 3.8) is 0 Å². The molecular formula is C19H23ClN4O2. The van der Waals surface area contributed by atoms with Crippen LogP contribution >= 0.6 is 11.6 Å². The van der Waals surface area contributed by atoms with Gasteiger partial charge in [0, 0.05) is 24.5 Å². The summed E-state index contributed by atoms with van der Waals surface area (Å²) < 4.78 is 5.79. The molecule has 0 saturated carbocycles. The maximum atomic E-state index is 11.8. The third-order valence-electron chi connectivity index (χ3n) is 4.56. The minimum Gasteiger partial charge on any atom is -0.376 e. The molecule has 138 valence electrons. The van der Waals surface area contributed by atoms with E-state index in [1.165, 1.54) is 6.20 Å². The van der Waals surface area contributed by atoms with E-state index in [1.54, 1.807) is 24.4 Å². The fraction of sp³-hybridized carbons (Fsp3) is 0.421. The number of hydrogen-bond acceptors (Lipinski definition) is 5. The molecular weight excluding hydrogens is 352 g/mol. The molecule has 0 radical (unpaired) electrons. The smallest absolute Gasteiger partial charge is 0.250 e. The van der Waals surface area contributed by atoms with Crippen molar-refractivity contribution in [1.82, 2.24) is 9.97 Å². The molecule has 0 bridgehead atoms. The molecule has 0 spiro atoms. The van der Waals surface area contributed by atoms with Crippen LogP contribution in [0.4, 0.5) is 5.82 Å². The van der Waals surface area contributed by atoms with Gasteiger partial charge in [0.2, 0.25) is 0 Å². The standard InChI is InChI=1S/C19H23ClN4O2/c1-11-7-13(8-12(2)26-11)9-23-17-4-3-15(19(21)25)18(24-17)14-5-6-22-10-16(14)20/h3-6,10-13H,7-9H2,1-2H3,(H2,21,25)(H,23,24)/t11-,12+,13?. The first-order chi connectivity index (χ1) is 12.4. The van der Waals surface area contributed by atoms with Crippen LogP contribution in [0.1, 0.15) is 37.0 Å². The average molecular weight is 375 g/mol. The second-order valence-corrected chi connectivity index (χ2v) is 7.20. The molecule has 3 heterocycles. The number of halogens is 1. The van der Waals surface area contributed by atoms with Gasteiger partial charge >= 0.3 is 0 Å². The van der Waals surface area contributed by atoms with Gasteiger partial charge in [0.25, 0.3) is 5.91 Å². The molecule has 2 aromatic rings. The Balaban J connectivity index is 1.82. The highest BCUT2D eigenvalue weighted by molar-refractivity contribution is 6.33. The lowest BCUT2D eigenvalue weighted by molar-refractivity contribution is -0.0495. The summed E-state index contributed by atoms with van der Waals surface area (Å²) in [7, 11) is 0. The number of aromatic nitrogens is 2. The van der Waals surface area contributed by atoms with Crippen molar-refractivity contribution in [2.24, 2.45) is 11.7 Å². The number of rotatable bonds is 5. The fourth-order valence-corrected chi connectivity index (χ4v) is 3.70. The topological polar surface area (TPSA) is 90.1 Å². The van der Waals surface area contributed by atoms with Gasteiger partial charge in [-0.2, -0.15) is 0 Å². The number of primary amides is 1. The Labute approximate surface area is 158 Å². The number of carbonyl (C=O) groups is 1. The van der Waals surface area contributed by atoms with E-state index in [1.807, 2.05) is 0 Å². The first-order valence-corrected chi connectivity index (χ1v) is 9.12. The van der Waals surface area contributed by atoms with E-state index in [-0.39, 0.29) is 12.2 Å². The molecule has 3 atom stereocenters. The van der Waals surface area contributed by atoms with Gasteiger partial charge in [-0.25, -0.2) is 4.98 Å². The summed E-state index contributed by atoms with van der Waals surface area (Å²) >= 11 is 6.23. The number of nitrogens with zero attached hydrogens (tertiary/aromatic N) is 2. The van der Waals surface area contributed by atoms with Gasteiger partial charge in [-0.1, -0.05) is 11.6 Å². The number of anilines is 1. The molecule has 1 fully saturated rings. The van der Waals surface area contributed by atoms with E-state index in [9.17, 15) is 4.79 Å². The minimum atomic E-state index is -0.543. The van der Waals surface area contributed by atoms with Crippen LogP contribution in [0, 0.1) is 5.92 Å². The van der Waals surface area contributed by atoms with Crippen LogP contribution in [0.5, 0.6) is 0 Å². The third-order valence-corrected chi connectivity index (χ3v) is 4.86. The van der Waals surface area contributed by atoms with Gasteiger partial charge in [-0.05, 0) is 50.8 Å². The molecule has 1 saturated heterocycles. The predicted octanol–water partition coefficient (Wildman–Crippen LogP) is 3.51. The van der Waals surface area contributed by atoms with E-state index >= 15 is 0 Å². The third kappa shape index (κ3) is 4.31. The van der Waals surface area contributed by atoms with Crippen LogP contribution in [0.3, 0.4) is 0 Å². The van der Waals surface area contributed by atoms with Crippen LogP contribution in [0.25, 0.3) is 11.3 Å². The summed E-state index contributed by atoms with van der Waals surface area (Å²) in [6.07, 6.45) is 5.69. The monoisotopic (exact) mass is 374 g/mol. The maximum absolute atomic E-state index is 11.8. The van der Waals surface area contributed by atoms with Crippen LogP contribution in [-0.2, 0) is 4.74 Å². The summed E-state index contributed by atoms with van der Waals surface area (Å²) in [4.78, 5) is 20.4. The van der Waals surface area contributed by atoms with E-state index in [0.29, 0.717) is 33.6 Å². The molecule has 1 aliphatic heterocycles. The second kappa shape index (κ2) is 8.01. The summed E-state index contributed by atoms with van der Waals surface area (Å²) in [5.41, 5.74) is 6.93. The van der Waals surface area contributed by atoms with Gasteiger partial charge in [0.05, 0.1) is 28.5 Å². The molecule has 1 unspecified atom stereocenters. The zero-order chi connectivity index (χ0) is 18.7. The van der Waals surface area contributed by atoms with Crippen molar-refractivity contribution in [2.75, 3.05) is 11.9 Å². The normalized spacial score (nSPS) is 22.8. The molecule has 0 aromatic carbocycles. The highest BCUT2D eigenvalue weighted by atomic mass is 35.5. The number of nitrogens with one attached hydrogen (secondary N) is 1. The molecule has 3 rings (SSSR count). The molecule has 6 nitrogen and oxygen atoms in total. The fourth-order valence-electron chi connectivity index (χ4n) is 3.49. The highest BCUT2D eigenvalue weighted by Gasteiger charge is 2.24. The van der Waals surface area contributed by atoms with E-state index in [0.717, 1.165) is 19.4 Å². The van der Waals surface area contributed by atoms with Crippen LogP contribution in [0.2, 0.25) is 5.02 Å². The Morgan fingerprint density at radius 1 is 1.31 bits per heavy atom. The summed E-state index contributed by atoms with van der Waals surface area (Å²) in [5, 5.41) is 3.80. The van der Waals surface area contributed by atoms with E-state index in [4.69, 9.17) is 22.1 Å². The molecule has 2 aromatic heterocycles. The zero-order valence-electron chi connectivity index (χ0n) is 14.9. The number of nitrogens with two attached hydrogens (primary N) is 1. The minimum absolute atomic E-state index is 0.266. The van der Waals surface area contributed by atoms with Crippen molar-refractivity contribution >= 4 is 23.3 Å². The lowest BCUT2D eigenvalue weighted by Crippen LogP contribution is -2.32. The summed E-state index contributed by atoms with van der Waals surface area (Å²) in [5.74, 6) is 0.656. The number of hydrogen-bond donors (Lipinski definition) is 2. The van der Waals surface area contributed by atoms with Crippen LogP contribution in [-0.4, -0.2) is 34.6 Å². The summed E-state index contributed by atoms with van der Waals surface area (Å²) in [6, 6.07) is 5.17. The molecule has 1 aliphatic rings. The first-order valence-electron chi connectivity index (χ1n) is 8.74. The lowest BCUT2D eigenvalue weighted by Gasteiger charge is -2.32. The van der Waals surface area contributed by atoms with Crippen molar-refractivity contribution in [1.29, 1.82) is 0 Å². The highest BCUT2D eigenvalue weighted by Crippen LogP contribution is 2.30. The Morgan fingerprint density at radius 3 is 2.69 bits per heavy atom. The SMILES string of the molecule is C[C@@H]1CC(CNc2ccc(C(N)=O)c(-c3ccncc3Cl)n2)C[C@H](C)O1. The number of amides is 1. The Bertz CT molecular complexity index is 789. The van der Waals surface area contributed by atoms with Crippen molar-refractivity contribution in [3.05, 3.63) is 41.2 Å². The average Bonchev–Trinajstić information content (AvgIpc) is 2.59. The maximum Gasteiger partial charge on any atom is 0.250 e. The molecule has 0 aliphatic carbocycles. The van der Waals surface area contributed by atoms with E-state index < -0.39 is 5.91 Å². The Kier molecular flexibility index (Phi) is 5.74. The Morgan fingerprint density at radius 2 is 2.04 bits per heavy atom. The number of pyridine rings is 2. The van der Waals surface area contributed by atoms with E-state index in [2.05, 4.69) is 29.1 Å². The summed E-state index contributed by atoms with van der Waals surface area (Å²) in [6.45, 7) is 5.00. The van der Waals surface area contributed by atoms with Gasteiger partial charge in [0.1, 0.15) is 5.82 Å². The lowest BCUT2D eigenvalue weighted by atomic mass is 9.92. The van der Waals surface area contributed by atoms with Crippen LogP contribution < -0.4 is 11.1 Å². The van der Waals surface area contributed by atoms with Crippen molar-refractivity contribution in [3.8, 4) is 11.3 Å². The zero-order valence-corrected chi connectivity index (χ0v) is 15.7. The van der Waals surface area contributed by atoms with Crippen LogP contribution in [0.15, 0.2) is 30.6 Å². The number of ether oxygens (including phenoxy) is 1. The van der Waals surface area contributed by atoms with Gasteiger partial charge in [0.15, 0.2) is 0 Å². The predicted molar refractivity (Wildman–Crippen MR) is 102 cm³/mol.